The Morgan fingerprint density at radius 1 is 1.11 bits per heavy atom. The van der Waals surface area contributed by atoms with E-state index >= 15 is 0 Å². The second-order valence-corrected chi connectivity index (χ2v) is 9.85. The standard InChI is InChI=1S/C27H33ClN4O3/c1-6-7-15-31(26(34)19-9-8-10-22(16-19)35-5)18-25(33)29-24-17-23(27(2,3)4)30-32(24)21-13-11-20(28)12-14-21/h8-14,16-17H,6-7,15,18H2,1-5H3,(H,29,33). The summed E-state index contributed by atoms with van der Waals surface area (Å²) in [6, 6.07) is 16.1. The minimum atomic E-state index is -0.298. The Morgan fingerprint density at radius 2 is 1.83 bits per heavy atom. The third-order valence-electron chi connectivity index (χ3n) is 5.54. The van der Waals surface area contributed by atoms with Gasteiger partial charge in [-0.25, -0.2) is 4.68 Å². The van der Waals surface area contributed by atoms with Crippen LogP contribution in [0.2, 0.25) is 5.02 Å². The number of nitrogens with zero attached hydrogens (tertiary/aromatic N) is 3. The number of unbranched alkanes of at least 4 members (excludes halogenated alkanes) is 1. The van der Waals surface area contributed by atoms with Crippen LogP contribution in [0, 0.1) is 0 Å². The molecule has 0 fully saturated rings. The number of hydrogen-bond donors (Lipinski definition) is 1. The molecule has 1 aromatic heterocycles. The normalized spacial score (nSPS) is 11.3. The molecule has 186 valence electrons. The largest absolute Gasteiger partial charge is 0.497 e. The van der Waals surface area contributed by atoms with Crippen molar-refractivity contribution < 1.29 is 14.3 Å². The number of carbonyl (C=O) groups excluding carboxylic acids is 2. The molecule has 2 aromatic carbocycles. The summed E-state index contributed by atoms with van der Waals surface area (Å²) in [7, 11) is 1.56. The Bertz CT molecular complexity index is 1170. The Kier molecular flexibility index (Phi) is 8.57. The molecule has 1 heterocycles. The van der Waals surface area contributed by atoms with Gasteiger partial charge in [0.05, 0.1) is 18.5 Å². The molecule has 2 amide bonds. The van der Waals surface area contributed by atoms with E-state index in [0.29, 0.717) is 28.7 Å². The SMILES string of the molecule is CCCCN(CC(=O)Nc1cc(C(C)(C)C)nn1-c1ccc(Cl)cc1)C(=O)c1cccc(OC)c1. The smallest absolute Gasteiger partial charge is 0.254 e. The first-order valence-electron chi connectivity index (χ1n) is 11.7. The van der Waals surface area contributed by atoms with Crippen molar-refractivity contribution in [3.63, 3.8) is 0 Å². The van der Waals surface area contributed by atoms with E-state index in [2.05, 4.69) is 26.1 Å². The van der Waals surface area contributed by atoms with E-state index in [1.165, 1.54) is 0 Å². The molecule has 0 aliphatic rings. The molecule has 0 aliphatic heterocycles. The third kappa shape index (κ3) is 6.85. The number of aromatic nitrogens is 2. The van der Waals surface area contributed by atoms with Crippen molar-refractivity contribution in [2.75, 3.05) is 25.5 Å². The first kappa shape index (κ1) is 26.3. The summed E-state index contributed by atoms with van der Waals surface area (Å²) in [5.74, 6) is 0.617. The van der Waals surface area contributed by atoms with Crippen molar-refractivity contribution in [2.45, 2.75) is 46.0 Å². The highest BCUT2D eigenvalue weighted by molar-refractivity contribution is 6.30. The second-order valence-electron chi connectivity index (χ2n) is 9.41. The average Bonchev–Trinajstić information content (AvgIpc) is 3.26. The quantitative estimate of drug-likeness (QED) is 0.411. The van der Waals surface area contributed by atoms with Crippen LogP contribution in [-0.2, 0) is 10.2 Å². The molecule has 3 rings (SSSR count). The molecular weight excluding hydrogens is 464 g/mol. The Morgan fingerprint density at radius 3 is 2.46 bits per heavy atom. The summed E-state index contributed by atoms with van der Waals surface area (Å²) in [6.45, 7) is 8.63. The van der Waals surface area contributed by atoms with E-state index in [4.69, 9.17) is 21.4 Å². The van der Waals surface area contributed by atoms with Gasteiger partial charge in [-0.3, -0.25) is 9.59 Å². The Hall–Kier alpha value is -3.32. The number of nitrogens with one attached hydrogen (secondary N) is 1. The first-order valence-corrected chi connectivity index (χ1v) is 12.1. The van der Waals surface area contributed by atoms with E-state index in [1.54, 1.807) is 53.1 Å². The van der Waals surface area contributed by atoms with Crippen LogP contribution in [0.5, 0.6) is 5.75 Å². The van der Waals surface area contributed by atoms with E-state index in [0.717, 1.165) is 24.2 Å². The molecule has 0 bridgehead atoms. The number of carbonyl (C=O) groups is 2. The van der Waals surface area contributed by atoms with Gasteiger partial charge in [0.15, 0.2) is 0 Å². The van der Waals surface area contributed by atoms with E-state index in [9.17, 15) is 9.59 Å². The van der Waals surface area contributed by atoms with Gasteiger partial charge in [0.1, 0.15) is 18.1 Å². The minimum Gasteiger partial charge on any atom is -0.497 e. The molecule has 0 saturated carbocycles. The molecule has 1 N–H and O–H groups in total. The lowest BCUT2D eigenvalue weighted by Gasteiger charge is -2.22. The zero-order valence-corrected chi connectivity index (χ0v) is 21.7. The monoisotopic (exact) mass is 496 g/mol. The molecule has 0 atom stereocenters. The van der Waals surface area contributed by atoms with E-state index < -0.39 is 0 Å². The number of anilines is 1. The fraction of sp³-hybridized carbons (Fsp3) is 0.370. The van der Waals surface area contributed by atoms with Crippen LogP contribution >= 0.6 is 11.6 Å². The van der Waals surface area contributed by atoms with Crippen molar-refractivity contribution >= 4 is 29.2 Å². The zero-order valence-electron chi connectivity index (χ0n) is 21.0. The zero-order chi connectivity index (χ0) is 25.6. The van der Waals surface area contributed by atoms with Crippen molar-refractivity contribution in [2.24, 2.45) is 0 Å². The number of methoxy groups -OCH3 is 1. The number of amides is 2. The molecule has 0 aliphatic carbocycles. The maximum Gasteiger partial charge on any atom is 0.254 e. The van der Waals surface area contributed by atoms with E-state index in [1.807, 2.05) is 25.1 Å². The highest BCUT2D eigenvalue weighted by Gasteiger charge is 2.23. The summed E-state index contributed by atoms with van der Waals surface area (Å²) < 4.78 is 6.94. The van der Waals surface area contributed by atoms with Crippen molar-refractivity contribution in [1.29, 1.82) is 0 Å². The number of hydrogen-bond acceptors (Lipinski definition) is 4. The van der Waals surface area contributed by atoms with E-state index in [-0.39, 0.29) is 23.8 Å². The molecule has 7 nitrogen and oxygen atoms in total. The number of halogens is 1. The van der Waals surface area contributed by atoms with Gasteiger partial charge < -0.3 is 15.0 Å². The van der Waals surface area contributed by atoms with Crippen LogP contribution in [0.1, 0.15) is 56.6 Å². The second kappa shape index (κ2) is 11.4. The van der Waals surface area contributed by atoms with Crippen LogP contribution < -0.4 is 10.1 Å². The fourth-order valence-corrected chi connectivity index (χ4v) is 3.64. The molecule has 0 saturated heterocycles. The highest BCUT2D eigenvalue weighted by Crippen LogP contribution is 2.27. The Balaban J connectivity index is 1.85. The topological polar surface area (TPSA) is 76.5 Å². The lowest BCUT2D eigenvalue weighted by atomic mass is 9.92. The predicted octanol–water partition coefficient (Wildman–Crippen LogP) is 5.71. The third-order valence-corrected chi connectivity index (χ3v) is 5.79. The highest BCUT2D eigenvalue weighted by atomic mass is 35.5. The summed E-state index contributed by atoms with van der Waals surface area (Å²) in [5.41, 5.74) is 1.87. The predicted molar refractivity (Wildman–Crippen MR) is 140 cm³/mol. The molecule has 0 unspecified atom stereocenters. The van der Waals surface area contributed by atoms with Gasteiger partial charge in [-0.2, -0.15) is 5.10 Å². The van der Waals surface area contributed by atoms with Crippen LogP contribution in [0.4, 0.5) is 5.82 Å². The summed E-state index contributed by atoms with van der Waals surface area (Å²) in [4.78, 5) is 27.9. The molecule has 3 aromatic rings. The first-order chi connectivity index (χ1) is 16.6. The number of ether oxygens (including phenoxy) is 1. The maximum absolute atomic E-state index is 13.2. The van der Waals surface area contributed by atoms with Gasteiger partial charge in [0, 0.05) is 28.6 Å². The molecule has 0 spiro atoms. The van der Waals surface area contributed by atoms with Crippen LogP contribution in [0.15, 0.2) is 54.6 Å². The van der Waals surface area contributed by atoms with Crippen molar-refractivity contribution in [3.05, 3.63) is 70.9 Å². The molecule has 0 radical (unpaired) electrons. The molecule has 35 heavy (non-hydrogen) atoms. The average molecular weight is 497 g/mol. The van der Waals surface area contributed by atoms with Crippen molar-refractivity contribution in [1.82, 2.24) is 14.7 Å². The maximum atomic E-state index is 13.2. The lowest BCUT2D eigenvalue weighted by Crippen LogP contribution is -2.39. The van der Waals surface area contributed by atoms with Gasteiger partial charge in [0.25, 0.3) is 5.91 Å². The molecular formula is C27H33ClN4O3. The van der Waals surface area contributed by atoms with Gasteiger partial charge in [-0.15, -0.1) is 0 Å². The van der Waals surface area contributed by atoms with Gasteiger partial charge in [-0.05, 0) is 48.9 Å². The number of benzene rings is 2. The Labute approximate surface area is 212 Å². The van der Waals surface area contributed by atoms with Crippen LogP contribution in [-0.4, -0.2) is 46.7 Å². The van der Waals surface area contributed by atoms with Crippen molar-refractivity contribution in [3.8, 4) is 11.4 Å². The summed E-state index contributed by atoms with van der Waals surface area (Å²) >= 11 is 6.05. The summed E-state index contributed by atoms with van der Waals surface area (Å²) in [6.07, 6.45) is 1.70. The minimum absolute atomic E-state index is 0.0767. The van der Waals surface area contributed by atoms with Crippen LogP contribution in [0.3, 0.4) is 0 Å². The van der Waals surface area contributed by atoms with Crippen LogP contribution in [0.25, 0.3) is 5.69 Å². The summed E-state index contributed by atoms with van der Waals surface area (Å²) in [5, 5.41) is 8.31. The fourth-order valence-electron chi connectivity index (χ4n) is 3.51. The number of rotatable bonds is 9. The van der Waals surface area contributed by atoms with Gasteiger partial charge in [-0.1, -0.05) is 51.8 Å². The van der Waals surface area contributed by atoms with Gasteiger partial charge in [0.2, 0.25) is 5.91 Å². The van der Waals surface area contributed by atoms with Gasteiger partial charge >= 0.3 is 0 Å². The lowest BCUT2D eigenvalue weighted by molar-refractivity contribution is -0.116. The molecule has 8 heteroatoms.